The summed E-state index contributed by atoms with van der Waals surface area (Å²) in [6.45, 7) is 3.56. The fraction of sp³-hybridized carbons (Fsp3) is 0.368. The molecule has 1 aromatic carbocycles. The summed E-state index contributed by atoms with van der Waals surface area (Å²) in [5.74, 6) is 0.202. The van der Waals surface area contributed by atoms with Crippen molar-refractivity contribution in [2.45, 2.75) is 25.8 Å². The van der Waals surface area contributed by atoms with Crippen LogP contribution in [-0.2, 0) is 11.3 Å². The van der Waals surface area contributed by atoms with E-state index in [1.54, 1.807) is 29.7 Å². The number of piperidine rings is 1. The van der Waals surface area contributed by atoms with E-state index >= 15 is 0 Å². The van der Waals surface area contributed by atoms with Crippen LogP contribution >= 0.6 is 0 Å². The fourth-order valence-electron chi connectivity index (χ4n) is 4.07. The van der Waals surface area contributed by atoms with Gasteiger partial charge in [-0.05, 0) is 30.0 Å². The van der Waals surface area contributed by atoms with Crippen molar-refractivity contribution in [2.75, 3.05) is 13.1 Å². The molecule has 2 aromatic rings. The van der Waals surface area contributed by atoms with Gasteiger partial charge in [0.15, 0.2) is 0 Å². The summed E-state index contributed by atoms with van der Waals surface area (Å²) in [6, 6.07) is 9.94. The van der Waals surface area contributed by atoms with Crippen LogP contribution in [0.5, 0.6) is 0 Å². The second kappa shape index (κ2) is 5.58. The zero-order valence-electron chi connectivity index (χ0n) is 13.5. The number of likely N-dealkylation sites (tertiary alicyclic amines) is 1. The number of halogens is 1. The minimum atomic E-state index is -0.329. The third-order valence-electron chi connectivity index (χ3n) is 5.19. The molecule has 0 unspecified atom stereocenters. The molecule has 4 rings (SSSR count). The lowest BCUT2D eigenvalue weighted by molar-refractivity contribution is -0.131. The summed E-state index contributed by atoms with van der Waals surface area (Å²) in [5, 5.41) is 0. The van der Waals surface area contributed by atoms with Gasteiger partial charge in [0.05, 0.1) is 0 Å². The van der Waals surface area contributed by atoms with Crippen molar-refractivity contribution >= 4 is 5.91 Å². The van der Waals surface area contributed by atoms with Gasteiger partial charge in [-0.25, -0.2) is 4.39 Å². The molecule has 1 saturated heterocycles. The molecule has 1 amide bonds. The van der Waals surface area contributed by atoms with Gasteiger partial charge >= 0.3 is 0 Å². The number of hydrogen-bond donors (Lipinski definition) is 0. The second-order valence-corrected chi connectivity index (χ2v) is 6.82. The Bertz CT molecular complexity index is 874. The summed E-state index contributed by atoms with van der Waals surface area (Å²) < 4.78 is 15.9. The van der Waals surface area contributed by atoms with Crippen molar-refractivity contribution in [1.82, 2.24) is 9.47 Å². The van der Waals surface area contributed by atoms with E-state index in [0.717, 1.165) is 12.1 Å². The molecule has 0 aliphatic carbocycles. The van der Waals surface area contributed by atoms with Crippen LogP contribution in [0.15, 0.2) is 41.2 Å². The first-order chi connectivity index (χ1) is 11.5. The van der Waals surface area contributed by atoms with Gasteiger partial charge in [0.1, 0.15) is 5.82 Å². The third-order valence-corrected chi connectivity index (χ3v) is 5.19. The number of rotatable bonds is 1. The van der Waals surface area contributed by atoms with E-state index in [1.807, 2.05) is 11.0 Å². The molecule has 0 saturated carbocycles. The zero-order chi connectivity index (χ0) is 16.8. The van der Waals surface area contributed by atoms with Gasteiger partial charge in [-0.2, -0.15) is 0 Å². The zero-order valence-corrected chi connectivity index (χ0v) is 13.5. The number of amides is 1. The van der Waals surface area contributed by atoms with Crippen LogP contribution in [0.4, 0.5) is 4.39 Å². The average Bonchev–Trinajstić information content (AvgIpc) is 2.56. The van der Waals surface area contributed by atoms with Gasteiger partial charge in [0.25, 0.3) is 5.56 Å². The van der Waals surface area contributed by atoms with Crippen LogP contribution < -0.4 is 5.56 Å². The molecule has 2 aliphatic rings. The molecular weight excluding hydrogens is 307 g/mol. The number of benzene rings is 1. The normalized spacial score (nSPS) is 22.2. The lowest BCUT2D eigenvalue weighted by Crippen LogP contribution is -2.48. The van der Waals surface area contributed by atoms with Crippen molar-refractivity contribution < 1.29 is 9.18 Å². The molecule has 0 radical (unpaired) electrons. The molecule has 4 nitrogen and oxygen atoms in total. The number of carbonyl (C=O) groups excluding carboxylic acids is 1. The Morgan fingerprint density at radius 2 is 1.96 bits per heavy atom. The number of fused-ring (bicyclic) bond motifs is 4. The summed E-state index contributed by atoms with van der Waals surface area (Å²) >= 11 is 0. The van der Waals surface area contributed by atoms with Crippen molar-refractivity contribution in [2.24, 2.45) is 5.92 Å². The first kappa shape index (κ1) is 15.1. The molecule has 3 heterocycles. The van der Waals surface area contributed by atoms with Crippen molar-refractivity contribution in [3.05, 3.63) is 58.3 Å². The van der Waals surface area contributed by atoms with E-state index in [-0.39, 0.29) is 23.2 Å². The maximum absolute atomic E-state index is 14.1. The Hall–Kier alpha value is -2.43. The second-order valence-electron chi connectivity index (χ2n) is 6.82. The highest BCUT2D eigenvalue weighted by molar-refractivity contribution is 5.73. The van der Waals surface area contributed by atoms with E-state index in [4.69, 9.17) is 0 Å². The molecule has 24 heavy (non-hydrogen) atoms. The van der Waals surface area contributed by atoms with Crippen molar-refractivity contribution in [3.8, 4) is 11.1 Å². The molecule has 2 atom stereocenters. The standard InChI is InChI=1S/C19H19FN2O2/c1-12(23)21-9-13-6-15(11-21)18-7-14(8-19(24)22(18)10-13)16-4-2-3-5-17(16)20/h2-5,7-8,13,15H,6,9-11H2,1H3/t13-,15+/m0/s1. The first-order valence-corrected chi connectivity index (χ1v) is 8.28. The Morgan fingerprint density at radius 1 is 1.17 bits per heavy atom. The molecule has 0 spiro atoms. The summed E-state index contributed by atoms with van der Waals surface area (Å²) in [5.41, 5.74) is 1.89. The molecule has 2 bridgehead atoms. The summed E-state index contributed by atoms with van der Waals surface area (Å²) in [4.78, 5) is 26.2. The van der Waals surface area contributed by atoms with Crippen LogP contribution in [0.1, 0.15) is 25.0 Å². The predicted molar refractivity (Wildman–Crippen MR) is 89.2 cm³/mol. The van der Waals surface area contributed by atoms with Gasteiger partial charge < -0.3 is 9.47 Å². The minimum absolute atomic E-state index is 0.0748. The van der Waals surface area contributed by atoms with Gasteiger partial charge in [0.2, 0.25) is 5.91 Å². The lowest BCUT2D eigenvalue weighted by atomic mass is 9.82. The molecule has 1 fully saturated rings. The Balaban J connectivity index is 1.81. The number of carbonyl (C=O) groups is 1. The Labute approximate surface area is 139 Å². The molecular formula is C19H19FN2O2. The van der Waals surface area contributed by atoms with E-state index < -0.39 is 0 Å². The highest BCUT2D eigenvalue weighted by atomic mass is 19.1. The van der Waals surface area contributed by atoms with Crippen LogP contribution in [0, 0.1) is 11.7 Å². The Kier molecular flexibility index (Phi) is 3.52. The molecule has 124 valence electrons. The lowest BCUT2D eigenvalue weighted by Gasteiger charge is -2.42. The fourth-order valence-corrected chi connectivity index (χ4v) is 4.07. The number of aromatic nitrogens is 1. The maximum atomic E-state index is 14.1. The summed E-state index contributed by atoms with van der Waals surface area (Å²) in [6.07, 6.45) is 0.976. The summed E-state index contributed by atoms with van der Waals surface area (Å²) in [7, 11) is 0. The van der Waals surface area contributed by atoms with Crippen LogP contribution in [-0.4, -0.2) is 28.5 Å². The van der Waals surface area contributed by atoms with Gasteiger partial charge in [-0.15, -0.1) is 0 Å². The smallest absolute Gasteiger partial charge is 0.251 e. The van der Waals surface area contributed by atoms with Crippen LogP contribution in [0.2, 0.25) is 0 Å². The van der Waals surface area contributed by atoms with Crippen LogP contribution in [0.25, 0.3) is 11.1 Å². The van der Waals surface area contributed by atoms with Crippen LogP contribution in [0.3, 0.4) is 0 Å². The van der Waals surface area contributed by atoms with Crippen molar-refractivity contribution in [3.63, 3.8) is 0 Å². The number of nitrogens with zero attached hydrogens (tertiary/aromatic N) is 2. The highest BCUT2D eigenvalue weighted by Gasteiger charge is 2.35. The van der Waals surface area contributed by atoms with Gasteiger partial charge in [0, 0.05) is 49.8 Å². The monoisotopic (exact) mass is 326 g/mol. The van der Waals surface area contributed by atoms with E-state index in [2.05, 4.69) is 0 Å². The van der Waals surface area contributed by atoms with Crippen molar-refractivity contribution in [1.29, 1.82) is 0 Å². The van der Waals surface area contributed by atoms with Gasteiger partial charge in [-0.3, -0.25) is 9.59 Å². The topological polar surface area (TPSA) is 42.3 Å². The number of pyridine rings is 1. The average molecular weight is 326 g/mol. The largest absolute Gasteiger partial charge is 0.342 e. The molecule has 2 aliphatic heterocycles. The van der Waals surface area contributed by atoms with E-state index in [1.165, 1.54) is 12.1 Å². The predicted octanol–water partition coefficient (Wildman–Crippen LogP) is 2.62. The third kappa shape index (κ3) is 2.44. The maximum Gasteiger partial charge on any atom is 0.251 e. The van der Waals surface area contributed by atoms with E-state index in [0.29, 0.717) is 36.7 Å². The first-order valence-electron chi connectivity index (χ1n) is 8.28. The van der Waals surface area contributed by atoms with E-state index in [9.17, 15) is 14.0 Å². The molecule has 5 heteroatoms. The molecule has 1 aromatic heterocycles. The Morgan fingerprint density at radius 3 is 2.71 bits per heavy atom. The SMILES string of the molecule is CC(=O)N1C[C@@H]2C[C@H](C1)c1cc(-c3ccccc3F)cc(=O)n1C2. The molecule has 0 N–H and O–H groups in total. The quantitative estimate of drug-likeness (QED) is 0.808. The minimum Gasteiger partial charge on any atom is -0.342 e. The number of hydrogen-bond acceptors (Lipinski definition) is 2. The van der Waals surface area contributed by atoms with Gasteiger partial charge in [-0.1, -0.05) is 18.2 Å². The highest BCUT2D eigenvalue weighted by Crippen LogP contribution is 2.36.